The van der Waals surface area contributed by atoms with Crippen molar-refractivity contribution in [3.05, 3.63) is 51.5 Å². The minimum absolute atomic E-state index is 0.0769. The molecule has 7 nitrogen and oxygen atoms in total. The highest BCUT2D eigenvalue weighted by Crippen LogP contribution is 2.24. The minimum atomic E-state index is -0.0769. The number of thioether (sulfide) groups is 2. The van der Waals surface area contributed by atoms with E-state index in [2.05, 4.69) is 41.4 Å². The van der Waals surface area contributed by atoms with Gasteiger partial charge in [-0.15, -0.1) is 10.2 Å². The fraction of sp³-hybridized carbons (Fsp3) is 0.350. The number of aryl methyl sites for hydroxylation is 3. The smallest absolute Gasteiger partial charge is 0.234 e. The fourth-order valence-electron chi connectivity index (χ4n) is 2.79. The summed E-state index contributed by atoms with van der Waals surface area (Å²) in [5.41, 5.74) is 3.75. The summed E-state index contributed by atoms with van der Waals surface area (Å²) in [6.07, 6.45) is 0. The van der Waals surface area contributed by atoms with Crippen LogP contribution in [0.3, 0.4) is 0 Å². The van der Waals surface area contributed by atoms with Gasteiger partial charge in [0.25, 0.3) is 0 Å². The van der Waals surface area contributed by atoms with Gasteiger partial charge in [0.05, 0.1) is 11.5 Å². The largest absolute Gasteiger partial charge is 0.325 e. The van der Waals surface area contributed by atoms with E-state index in [9.17, 15) is 4.79 Å². The van der Waals surface area contributed by atoms with Crippen LogP contribution < -0.4 is 5.32 Å². The Hall–Kier alpha value is -1.91. The number of aromatic nitrogens is 5. The number of rotatable bonds is 8. The number of amides is 1. The van der Waals surface area contributed by atoms with Gasteiger partial charge in [-0.1, -0.05) is 39.5 Å². The Kier molecular flexibility index (Phi) is 7.90. The predicted octanol–water partition coefficient (Wildman–Crippen LogP) is 4.80. The zero-order valence-corrected chi connectivity index (χ0v) is 20.5. The highest BCUT2D eigenvalue weighted by molar-refractivity contribution is 9.10. The number of carbonyl (C=O) groups excluding carboxylic acids is 1. The van der Waals surface area contributed by atoms with Crippen molar-refractivity contribution in [3.8, 4) is 0 Å². The van der Waals surface area contributed by atoms with Crippen LogP contribution in [0.2, 0.25) is 0 Å². The SMILES string of the molecule is CCn1c(CSc2nc(C)cc(C)n2)nnc1SCC(=O)Nc1ccc(Br)c(C)c1. The lowest BCUT2D eigenvalue weighted by molar-refractivity contribution is -0.113. The first-order chi connectivity index (χ1) is 14.4. The maximum absolute atomic E-state index is 12.3. The summed E-state index contributed by atoms with van der Waals surface area (Å²) in [5, 5.41) is 13.0. The van der Waals surface area contributed by atoms with Crippen molar-refractivity contribution in [1.82, 2.24) is 24.7 Å². The Labute approximate surface area is 193 Å². The van der Waals surface area contributed by atoms with Crippen molar-refractivity contribution < 1.29 is 4.79 Å². The third-order valence-corrected chi connectivity index (χ3v) is 6.88. The van der Waals surface area contributed by atoms with Gasteiger partial charge in [-0.3, -0.25) is 4.79 Å². The molecule has 1 amide bonds. The molecule has 0 unspecified atom stereocenters. The molecule has 10 heteroatoms. The summed E-state index contributed by atoms with van der Waals surface area (Å²) >= 11 is 6.38. The first-order valence-electron chi connectivity index (χ1n) is 9.41. The van der Waals surface area contributed by atoms with Gasteiger partial charge in [0.2, 0.25) is 5.91 Å². The second-order valence-electron chi connectivity index (χ2n) is 6.67. The van der Waals surface area contributed by atoms with Crippen LogP contribution >= 0.6 is 39.5 Å². The van der Waals surface area contributed by atoms with E-state index in [0.29, 0.717) is 5.75 Å². The monoisotopic (exact) mass is 506 g/mol. The standard InChI is InChI=1S/C20H23BrN6OS2/c1-5-27-17(10-29-19-22-13(3)9-14(4)23-19)25-26-20(27)30-11-18(28)24-15-6-7-16(21)12(2)8-15/h6-9H,5,10-11H2,1-4H3,(H,24,28). The Morgan fingerprint density at radius 2 is 1.83 bits per heavy atom. The number of halogens is 1. The van der Waals surface area contributed by atoms with Crippen LogP contribution in [-0.4, -0.2) is 36.4 Å². The van der Waals surface area contributed by atoms with Crippen LogP contribution in [0, 0.1) is 20.8 Å². The molecule has 1 N–H and O–H groups in total. The molecule has 30 heavy (non-hydrogen) atoms. The summed E-state index contributed by atoms with van der Waals surface area (Å²) < 4.78 is 3.04. The topological polar surface area (TPSA) is 85.6 Å². The van der Waals surface area contributed by atoms with Crippen molar-refractivity contribution in [2.45, 2.75) is 50.3 Å². The Balaban J connectivity index is 1.59. The number of hydrogen-bond acceptors (Lipinski definition) is 7. The fourth-order valence-corrected chi connectivity index (χ4v) is 4.74. The van der Waals surface area contributed by atoms with E-state index in [1.807, 2.05) is 56.5 Å². The Morgan fingerprint density at radius 3 is 2.50 bits per heavy atom. The number of carbonyl (C=O) groups is 1. The highest BCUT2D eigenvalue weighted by Gasteiger charge is 2.14. The van der Waals surface area contributed by atoms with Gasteiger partial charge < -0.3 is 9.88 Å². The number of nitrogens with one attached hydrogen (secondary N) is 1. The first-order valence-corrected chi connectivity index (χ1v) is 12.2. The molecule has 0 radical (unpaired) electrons. The van der Waals surface area contributed by atoms with E-state index in [1.54, 1.807) is 0 Å². The van der Waals surface area contributed by atoms with Crippen LogP contribution in [0.25, 0.3) is 0 Å². The molecule has 0 saturated carbocycles. The van der Waals surface area contributed by atoms with Crippen LogP contribution in [0.1, 0.15) is 29.7 Å². The maximum Gasteiger partial charge on any atom is 0.234 e. The lowest BCUT2D eigenvalue weighted by Crippen LogP contribution is -2.14. The molecule has 1 aromatic carbocycles. The zero-order valence-electron chi connectivity index (χ0n) is 17.3. The lowest BCUT2D eigenvalue weighted by Gasteiger charge is -2.08. The van der Waals surface area contributed by atoms with Gasteiger partial charge in [-0.25, -0.2) is 9.97 Å². The molecule has 2 heterocycles. The molecule has 3 aromatic rings. The van der Waals surface area contributed by atoms with E-state index in [1.165, 1.54) is 23.5 Å². The average molecular weight is 507 g/mol. The second-order valence-corrected chi connectivity index (χ2v) is 9.41. The molecule has 0 saturated heterocycles. The van der Waals surface area contributed by atoms with Gasteiger partial charge in [-0.2, -0.15) is 0 Å². The number of anilines is 1. The summed E-state index contributed by atoms with van der Waals surface area (Å²) in [7, 11) is 0. The predicted molar refractivity (Wildman–Crippen MR) is 125 cm³/mol. The van der Waals surface area contributed by atoms with E-state index in [0.717, 1.165) is 49.8 Å². The van der Waals surface area contributed by atoms with Crippen molar-refractivity contribution in [3.63, 3.8) is 0 Å². The number of benzene rings is 1. The third kappa shape index (κ3) is 6.05. The summed E-state index contributed by atoms with van der Waals surface area (Å²) in [4.78, 5) is 21.3. The van der Waals surface area contributed by atoms with Crippen molar-refractivity contribution >= 4 is 51.0 Å². The quantitative estimate of drug-likeness (QED) is 0.346. The molecular formula is C20H23BrN6OS2. The van der Waals surface area contributed by atoms with Crippen molar-refractivity contribution in [1.29, 1.82) is 0 Å². The normalized spacial score (nSPS) is 11.0. The molecular weight excluding hydrogens is 484 g/mol. The van der Waals surface area contributed by atoms with Crippen molar-refractivity contribution in [2.75, 3.05) is 11.1 Å². The van der Waals surface area contributed by atoms with Gasteiger partial charge in [-0.05, 0) is 57.5 Å². The molecule has 0 bridgehead atoms. The molecule has 2 aromatic heterocycles. The number of nitrogens with zero attached hydrogens (tertiary/aromatic N) is 5. The average Bonchev–Trinajstić information content (AvgIpc) is 3.09. The van der Waals surface area contributed by atoms with Gasteiger partial charge in [0.1, 0.15) is 5.82 Å². The van der Waals surface area contributed by atoms with Gasteiger partial charge in [0, 0.05) is 28.1 Å². The molecule has 0 atom stereocenters. The lowest BCUT2D eigenvalue weighted by atomic mass is 10.2. The van der Waals surface area contributed by atoms with Gasteiger partial charge in [0.15, 0.2) is 10.3 Å². The molecule has 0 aliphatic heterocycles. The Bertz CT molecular complexity index is 1040. The minimum Gasteiger partial charge on any atom is -0.325 e. The van der Waals surface area contributed by atoms with E-state index in [4.69, 9.17) is 0 Å². The molecule has 0 aliphatic rings. The van der Waals surface area contributed by atoms with E-state index >= 15 is 0 Å². The second kappa shape index (κ2) is 10.4. The summed E-state index contributed by atoms with van der Waals surface area (Å²) in [6, 6.07) is 7.69. The van der Waals surface area contributed by atoms with Gasteiger partial charge >= 0.3 is 0 Å². The molecule has 3 rings (SSSR count). The summed E-state index contributed by atoms with van der Waals surface area (Å²) in [6.45, 7) is 8.68. The van der Waals surface area contributed by atoms with Crippen LogP contribution in [0.15, 0.2) is 39.1 Å². The maximum atomic E-state index is 12.3. The zero-order chi connectivity index (χ0) is 21.7. The Morgan fingerprint density at radius 1 is 1.10 bits per heavy atom. The molecule has 158 valence electrons. The highest BCUT2D eigenvalue weighted by atomic mass is 79.9. The third-order valence-electron chi connectivity index (χ3n) is 4.18. The number of hydrogen-bond donors (Lipinski definition) is 1. The van der Waals surface area contributed by atoms with Crippen LogP contribution in [0.5, 0.6) is 0 Å². The van der Waals surface area contributed by atoms with Crippen molar-refractivity contribution in [2.24, 2.45) is 0 Å². The molecule has 0 aliphatic carbocycles. The molecule has 0 spiro atoms. The van der Waals surface area contributed by atoms with Crippen LogP contribution in [-0.2, 0) is 17.1 Å². The van der Waals surface area contributed by atoms with Crippen LogP contribution in [0.4, 0.5) is 5.69 Å². The van der Waals surface area contributed by atoms with E-state index in [-0.39, 0.29) is 11.7 Å². The summed E-state index contributed by atoms with van der Waals surface area (Å²) in [5.74, 6) is 1.65. The first kappa shape index (κ1) is 22.8. The van der Waals surface area contributed by atoms with E-state index < -0.39 is 0 Å². The molecule has 0 fully saturated rings.